The lowest BCUT2D eigenvalue weighted by Gasteiger charge is -2.24. The topological polar surface area (TPSA) is 66.6 Å². The van der Waals surface area contributed by atoms with Crippen LogP contribution in [-0.2, 0) is 0 Å². The van der Waals surface area contributed by atoms with Crippen molar-refractivity contribution >= 4 is 54.9 Å². The first kappa shape index (κ1) is 30.3. The van der Waals surface area contributed by atoms with Crippen molar-refractivity contribution in [3.05, 3.63) is 181 Å². The highest BCUT2D eigenvalue weighted by Crippen LogP contribution is 2.42. The van der Waals surface area contributed by atoms with Crippen molar-refractivity contribution < 1.29 is 0 Å². The minimum absolute atomic E-state index is 0.398. The fourth-order valence-corrected chi connectivity index (χ4v) is 8.48. The summed E-state index contributed by atoms with van der Waals surface area (Å²) in [4.78, 5) is 15.7. The minimum Gasteiger partial charge on any atom is -0.387 e. The SMILES string of the molecule is C1=CC(C2=NC(c3ccc(-n4c5ccccc5c5c6sc(-c7ccccc7)cc6ccc54)cc3)N=C(c3ccc(-c4ccncc4)cc3)N2)=CCN1. The number of fused-ring (bicyclic) bond motifs is 5. The molecule has 1 unspecified atom stereocenters. The first-order valence-electron chi connectivity index (χ1n) is 17.4. The fraction of sp³-hybridized carbons (Fsp3) is 0.0444. The molecule has 52 heavy (non-hydrogen) atoms. The highest BCUT2D eigenvalue weighted by Gasteiger charge is 2.23. The molecule has 0 radical (unpaired) electrons. The second-order valence-electron chi connectivity index (χ2n) is 13.0. The molecule has 2 aliphatic heterocycles. The molecule has 5 heterocycles. The van der Waals surface area contributed by atoms with E-state index in [0.29, 0.717) is 0 Å². The molecule has 0 bridgehead atoms. The Morgan fingerprint density at radius 1 is 0.654 bits per heavy atom. The minimum atomic E-state index is -0.398. The molecular formula is C45H32N6S. The molecule has 0 saturated carbocycles. The highest BCUT2D eigenvalue weighted by molar-refractivity contribution is 7.23. The maximum atomic E-state index is 5.16. The lowest BCUT2D eigenvalue weighted by Crippen LogP contribution is -2.37. The van der Waals surface area contributed by atoms with Crippen molar-refractivity contribution in [3.8, 4) is 27.3 Å². The first-order valence-corrected chi connectivity index (χ1v) is 18.2. The number of hydrogen-bond acceptors (Lipinski definition) is 6. The Morgan fingerprint density at radius 2 is 1.40 bits per heavy atom. The number of para-hydroxylation sites is 1. The summed E-state index contributed by atoms with van der Waals surface area (Å²) in [6.07, 6.45) is 9.42. The van der Waals surface area contributed by atoms with Crippen LogP contribution in [0.15, 0.2) is 180 Å². The molecule has 2 N–H and O–H groups in total. The number of thiophene rings is 1. The molecule has 7 heteroatoms. The predicted octanol–water partition coefficient (Wildman–Crippen LogP) is 10.2. The molecule has 2 aliphatic rings. The molecular weight excluding hydrogens is 657 g/mol. The van der Waals surface area contributed by atoms with Gasteiger partial charge in [-0.2, -0.15) is 0 Å². The van der Waals surface area contributed by atoms with E-state index in [1.807, 2.05) is 42.1 Å². The molecule has 0 aliphatic carbocycles. The average Bonchev–Trinajstić information content (AvgIpc) is 3.82. The summed E-state index contributed by atoms with van der Waals surface area (Å²) in [6, 6.07) is 47.6. The summed E-state index contributed by atoms with van der Waals surface area (Å²) >= 11 is 1.87. The van der Waals surface area contributed by atoms with Crippen molar-refractivity contribution in [2.45, 2.75) is 6.17 Å². The van der Waals surface area contributed by atoms with Crippen LogP contribution >= 0.6 is 11.3 Å². The maximum Gasteiger partial charge on any atom is 0.169 e. The van der Waals surface area contributed by atoms with Crippen LogP contribution in [-0.4, -0.2) is 27.8 Å². The van der Waals surface area contributed by atoms with Gasteiger partial charge in [-0.25, -0.2) is 9.98 Å². The van der Waals surface area contributed by atoms with E-state index in [9.17, 15) is 0 Å². The first-order chi connectivity index (χ1) is 25.8. The average molecular weight is 689 g/mol. The zero-order chi connectivity index (χ0) is 34.4. The number of benzene rings is 5. The molecule has 6 nitrogen and oxygen atoms in total. The van der Waals surface area contributed by atoms with Crippen LogP contribution in [0.5, 0.6) is 0 Å². The Bertz CT molecular complexity index is 2740. The Balaban J connectivity index is 1.04. The van der Waals surface area contributed by atoms with Gasteiger partial charge in [0.05, 0.1) is 11.0 Å². The zero-order valence-corrected chi connectivity index (χ0v) is 28.9. The van der Waals surface area contributed by atoms with Gasteiger partial charge in [0, 0.05) is 56.1 Å². The number of nitrogens with zero attached hydrogens (tertiary/aromatic N) is 4. The van der Waals surface area contributed by atoms with Crippen molar-refractivity contribution in [1.29, 1.82) is 0 Å². The van der Waals surface area contributed by atoms with E-state index in [0.717, 1.165) is 51.7 Å². The summed E-state index contributed by atoms with van der Waals surface area (Å²) < 4.78 is 3.70. The fourth-order valence-electron chi connectivity index (χ4n) is 7.25. The lowest BCUT2D eigenvalue weighted by molar-refractivity contribution is 0.755. The van der Waals surface area contributed by atoms with Gasteiger partial charge in [-0.15, -0.1) is 11.3 Å². The largest absolute Gasteiger partial charge is 0.387 e. The van der Waals surface area contributed by atoms with E-state index in [4.69, 9.17) is 9.98 Å². The molecule has 3 aromatic heterocycles. The third kappa shape index (κ3) is 5.30. The second-order valence-corrected chi connectivity index (χ2v) is 14.0. The van der Waals surface area contributed by atoms with Gasteiger partial charge in [0.25, 0.3) is 0 Å². The van der Waals surface area contributed by atoms with Gasteiger partial charge in [-0.1, -0.05) is 97.1 Å². The second kappa shape index (κ2) is 12.6. The van der Waals surface area contributed by atoms with Crippen molar-refractivity contribution in [1.82, 2.24) is 20.2 Å². The number of aliphatic imine (C=N–C) groups is 2. The van der Waals surface area contributed by atoms with Crippen molar-refractivity contribution in [2.24, 2.45) is 9.98 Å². The van der Waals surface area contributed by atoms with E-state index in [-0.39, 0.29) is 0 Å². The van der Waals surface area contributed by atoms with Gasteiger partial charge in [0.2, 0.25) is 0 Å². The van der Waals surface area contributed by atoms with Crippen LogP contribution < -0.4 is 10.6 Å². The zero-order valence-electron chi connectivity index (χ0n) is 28.1. The number of dihydropyridines is 1. The van der Waals surface area contributed by atoms with E-state index >= 15 is 0 Å². The molecule has 0 amide bonds. The van der Waals surface area contributed by atoms with Gasteiger partial charge in [-0.3, -0.25) is 4.98 Å². The number of amidine groups is 2. The molecule has 0 saturated heterocycles. The summed E-state index contributed by atoms with van der Waals surface area (Å²) in [5, 5.41) is 10.6. The van der Waals surface area contributed by atoms with Gasteiger partial charge in [-0.05, 0) is 82.4 Å². The highest BCUT2D eigenvalue weighted by atomic mass is 32.1. The van der Waals surface area contributed by atoms with Gasteiger partial charge >= 0.3 is 0 Å². The Kier molecular flexibility index (Phi) is 7.36. The van der Waals surface area contributed by atoms with E-state index < -0.39 is 6.17 Å². The van der Waals surface area contributed by atoms with Crippen LogP contribution in [0.25, 0.3) is 59.1 Å². The molecule has 8 aromatic rings. The van der Waals surface area contributed by atoms with Gasteiger partial charge in [0.15, 0.2) is 6.17 Å². The van der Waals surface area contributed by atoms with Crippen LogP contribution in [0.1, 0.15) is 17.3 Å². The normalized spacial score (nSPS) is 15.6. The molecule has 1 atom stereocenters. The van der Waals surface area contributed by atoms with Gasteiger partial charge < -0.3 is 15.2 Å². The number of pyridine rings is 1. The standard InChI is InChI=1S/C45H32N6S/c1-2-6-31(7-3-1)40-28-35-16-19-39-41(42(35)52-40)37-8-4-5-9-38(37)51(39)36-17-14-33(15-18-36)44-48-43(49-45(50-44)34-22-26-47-27-23-34)32-12-10-29(11-13-32)30-20-24-46-25-21-30/h1-26,28,44,47H,27H2,(H,48,49,50). The summed E-state index contributed by atoms with van der Waals surface area (Å²) in [6.45, 7) is 0.753. The number of nitrogens with one attached hydrogen (secondary N) is 2. The third-order valence-electron chi connectivity index (χ3n) is 9.83. The molecule has 5 aromatic carbocycles. The Labute approximate surface area is 304 Å². The Morgan fingerprint density at radius 3 is 2.21 bits per heavy atom. The van der Waals surface area contributed by atoms with E-state index in [1.165, 1.54) is 42.3 Å². The van der Waals surface area contributed by atoms with E-state index in [1.54, 1.807) is 0 Å². The smallest absolute Gasteiger partial charge is 0.169 e. The van der Waals surface area contributed by atoms with Crippen molar-refractivity contribution in [3.63, 3.8) is 0 Å². The number of rotatable bonds is 6. The summed E-state index contributed by atoms with van der Waals surface area (Å²) in [5.41, 5.74) is 10.1. The van der Waals surface area contributed by atoms with Gasteiger partial charge in [0.1, 0.15) is 11.7 Å². The number of hydrogen-bond donors (Lipinski definition) is 2. The molecule has 0 fully saturated rings. The summed E-state index contributed by atoms with van der Waals surface area (Å²) in [7, 11) is 0. The summed E-state index contributed by atoms with van der Waals surface area (Å²) in [5.74, 6) is 1.61. The number of aromatic nitrogens is 2. The molecule has 0 spiro atoms. The van der Waals surface area contributed by atoms with E-state index in [2.05, 4.69) is 154 Å². The van der Waals surface area contributed by atoms with Crippen LogP contribution in [0.4, 0.5) is 0 Å². The molecule has 10 rings (SSSR count). The van der Waals surface area contributed by atoms with Crippen LogP contribution in [0.2, 0.25) is 0 Å². The van der Waals surface area contributed by atoms with Crippen LogP contribution in [0, 0.1) is 0 Å². The monoisotopic (exact) mass is 688 g/mol. The third-order valence-corrected chi connectivity index (χ3v) is 11.1. The van der Waals surface area contributed by atoms with Crippen molar-refractivity contribution in [2.75, 3.05) is 6.54 Å². The lowest BCUT2D eigenvalue weighted by atomic mass is 10.0. The Hall–Kier alpha value is -6.57. The quantitative estimate of drug-likeness (QED) is 0.183. The predicted molar refractivity (Wildman–Crippen MR) is 216 cm³/mol. The maximum absolute atomic E-state index is 5.16. The van der Waals surface area contributed by atoms with Crippen LogP contribution in [0.3, 0.4) is 0 Å². The molecule has 248 valence electrons.